The topological polar surface area (TPSA) is 52.7 Å². The zero-order valence-electron chi connectivity index (χ0n) is 18.6. The van der Waals surface area contributed by atoms with Gasteiger partial charge < -0.3 is 10.2 Å². The molecule has 0 atom stereocenters. The molecular formula is C26H24F3N3O2. The van der Waals surface area contributed by atoms with Crippen molar-refractivity contribution in [3.05, 3.63) is 95.1 Å². The molecule has 1 aliphatic rings. The fourth-order valence-electron chi connectivity index (χ4n) is 3.99. The Kier molecular flexibility index (Phi) is 6.58. The second kappa shape index (κ2) is 9.59. The van der Waals surface area contributed by atoms with Gasteiger partial charge in [-0.2, -0.15) is 13.2 Å². The van der Waals surface area contributed by atoms with Crippen LogP contribution in [0.5, 0.6) is 0 Å². The third-order valence-electron chi connectivity index (χ3n) is 5.77. The van der Waals surface area contributed by atoms with Crippen LogP contribution in [0.3, 0.4) is 0 Å². The first-order valence-corrected chi connectivity index (χ1v) is 10.9. The second-order valence-electron chi connectivity index (χ2n) is 8.22. The molecule has 0 saturated carbocycles. The molecule has 1 fully saturated rings. The Labute approximate surface area is 195 Å². The molecule has 8 heteroatoms. The molecular weight excluding hydrogens is 443 g/mol. The molecule has 1 aliphatic heterocycles. The number of amides is 3. The fraction of sp³-hybridized carbons (Fsp3) is 0.231. The summed E-state index contributed by atoms with van der Waals surface area (Å²) in [6, 6.07) is 19.0. The number of aryl methyl sites for hydroxylation is 1. The number of nitrogens with zero attached hydrogens (tertiary/aromatic N) is 2. The lowest BCUT2D eigenvalue weighted by Gasteiger charge is -2.35. The van der Waals surface area contributed by atoms with Crippen LogP contribution in [0.2, 0.25) is 0 Å². The quantitative estimate of drug-likeness (QED) is 0.493. The number of hydrogen-bond acceptors (Lipinski definition) is 2. The van der Waals surface area contributed by atoms with E-state index in [1.807, 2.05) is 19.1 Å². The average Bonchev–Trinajstić information content (AvgIpc) is 2.81. The Bertz CT molecular complexity index is 1190. The van der Waals surface area contributed by atoms with E-state index in [-0.39, 0.29) is 18.5 Å². The van der Waals surface area contributed by atoms with E-state index in [9.17, 15) is 22.8 Å². The van der Waals surface area contributed by atoms with Crippen molar-refractivity contribution in [3.8, 4) is 0 Å². The Morgan fingerprint density at radius 3 is 2.41 bits per heavy atom. The molecule has 34 heavy (non-hydrogen) atoms. The lowest BCUT2D eigenvalue weighted by Crippen LogP contribution is -2.49. The van der Waals surface area contributed by atoms with E-state index in [1.165, 1.54) is 6.07 Å². The van der Waals surface area contributed by atoms with Gasteiger partial charge in [0.15, 0.2) is 0 Å². The normalized spacial score (nSPS) is 14.3. The van der Waals surface area contributed by atoms with Crippen molar-refractivity contribution in [2.24, 2.45) is 0 Å². The molecule has 0 radical (unpaired) electrons. The van der Waals surface area contributed by atoms with Crippen molar-refractivity contribution in [1.82, 2.24) is 4.90 Å². The number of anilines is 2. The van der Waals surface area contributed by atoms with Crippen molar-refractivity contribution < 1.29 is 22.8 Å². The third kappa shape index (κ3) is 5.22. The summed E-state index contributed by atoms with van der Waals surface area (Å²) in [5, 5.41) is 2.85. The predicted octanol–water partition coefficient (Wildman–Crippen LogP) is 6.10. The minimum Gasteiger partial charge on any atom is -0.322 e. The van der Waals surface area contributed by atoms with Crippen LogP contribution in [0.4, 0.5) is 29.3 Å². The van der Waals surface area contributed by atoms with E-state index in [2.05, 4.69) is 5.32 Å². The van der Waals surface area contributed by atoms with Crippen molar-refractivity contribution >= 4 is 23.3 Å². The predicted molar refractivity (Wildman–Crippen MR) is 125 cm³/mol. The maximum Gasteiger partial charge on any atom is 0.416 e. The first-order chi connectivity index (χ1) is 16.2. The highest BCUT2D eigenvalue weighted by atomic mass is 19.4. The highest BCUT2D eigenvalue weighted by Gasteiger charge is 2.31. The number of nitrogens with one attached hydrogen (secondary N) is 1. The summed E-state index contributed by atoms with van der Waals surface area (Å²) >= 11 is 0. The summed E-state index contributed by atoms with van der Waals surface area (Å²) in [5.41, 5.74) is 2.42. The van der Waals surface area contributed by atoms with Crippen LogP contribution in [-0.2, 0) is 12.7 Å². The Morgan fingerprint density at radius 1 is 0.971 bits per heavy atom. The number of alkyl halides is 3. The molecule has 176 valence electrons. The van der Waals surface area contributed by atoms with E-state index in [1.54, 1.807) is 52.3 Å². The van der Waals surface area contributed by atoms with Gasteiger partial charge in [0.25, 0.3) is 5.91 Å². The van der Waals surface area contributed by atoms with Crippen molar-refractivity contribution in [2.45, 2.75) is 26.1 Å². The molecule has 3 aromatic rings. The smallest absolute Gasteiger partial charge is 0.322 e. The summed E-state index contributed by atoms with van der Waals surface area (Å²) in [5.74, 6) is -0.216. The Balaban J connectivity index is 1.44. The van der Waals surface area contributed by atoms with Gasteiger partial charge in [0.2, 0.25) is 0 Å². The minimum atomic E-state index is -4.43. The molecule has 0 bridgehead atoms. The molecule has 1 N–H and O–H groups in total. The molecule has 4 rings (SSSR count). The van der Waals surface area contributed by atoms with Crippen molar-refractivity contribution in [2.75, 3.05) is 23.3 Å². The molecule has 5 nitrogen and oxygen atoms in total. The van der Waals surface area contributed by atoms with Gasteiger partial charge in [-0.05, 0) is 66.9 Å². The van der Waals surface area contributed by atoms with Gasteiger partial charge in [-0.1, -0.05) is 30.3 Å². The highest BCUT2D eigenvalue weighted by Crippen LogP contribution is 2.30. The molecule has 3 amide bonds. The molecule has 3 aromatic carbocycles. The summed E-state index contributed by atoms with van der Waals surface area (Å²) in [6.45, 7) is 2.94. The van der Waals surface area contributed by atoms with E-state index < -0.39 is 11.7 Å². The van der Waals surface area contributed by atoms with Crippen LogP contribution in [0, 0.1) is 6.92 Å². The Morgan fingerprint density at radius 2 is 1.71 bits per heavy atom. The number of carbonyl (C=O) groups excluding carboxylic acids is 2. The average molecular weight is 467 g/mol. The van der Waals surface area contributed by atoms with Gasteiger partial charge in [-0.3, -0.25) is 9.69 Å². The molecule has 0 aliphatic carbocycles. The monoisotopic (exact) mass is 467 g/mol. The first kappa shape index (κ1) is 23.4. The van der Waals surface area contributed by atoms with Gasteiger partial charge in [0.05, 0.1) is 5.56 Å². The molecule has 1 saturated heterocycles. The fourth-order valence-corrected chi connectivity index (χ4v) is 3.99. The zero-order valence-corrected chi connectivity index (χ0v) is 18.6. The summed E-state index contributed by atoms with van der Waals surface area (Å²) in [7, 11) is 0. The number of rotatable bonds is 5. The molecule has 0 unspecified atom stereocenters. The summed E-state index contributed by atoms with van der Waals surface area (Å²) < 4.78 is 39.1. The molecule has 0 aromatic heterocycles. The van der Waals surface area contributed by atoms with Crippen LogP contribution in [0.15, 0.2) is 72.8 Å². The van der Waals surface area contributed by atoms with E-state index in [4.69, 9.17) is 0 Å². The van der Waals surface area contributed by atoms with Crippen LogP contribution < -0.4 is 10.2 Å². The number of urea groups is 1. The van der Waals surface area contributed by atoms with Crippen molar-refractivity contribution in [3.63, 3.8) is 0 Å². The lowest BCUT2D eigenvalue weighted by molar-refractivity contribution is -0.137. The maximum absolute atomic E-state index is 13.1. The summed E-state index contributed by atoms with van der Waals surface area (Å²) in [4.78, 5) is 28.7. The van der Waals surface area contributed by atoms with Crippen LogP contribution >= 0.6 is 0 Å². The lowest BCUT2D eigenvalue weighted by atomic mass is 10.1. The second-order valence-corrected chi connectivity index (χ2v) is 8.22. The largest absolute Gasteiger partial charge is 0.416 e. The van der Waals surface area contributed by atoms with Gasteiger partial charge in [0, 0.05) is 36.6 Å². The van der Waals surface area contributed by atoms with Crippen LogP contribution in [0.25, 0.3) is 0 Å². The van der Waals surface area contributed by atoms with Gasteiger partial charge in [-0.25, -0.2) is 4.79 Å². The third-order valence-corrected chi connectivity index (χ3v) is 5.77. The molecule has 1 heterocycles. The summed E-state index contributed by atoms with van der Waals surface area (Å²) in [6.07, 6.45) is -3.74. The van der Waals surface area contributed by atoms with Gasteiger partial charge >= 0.3 is 12.2 Å². The van der Waals surface area contributed by atoms with Gasteiger partial charge in [0.1, 0.15) is 0 Å². The first-order valence-electron chi connectivity index (χ1n) is 10.9. The highest BCUT2D eigenvalue weighted by molar-refractivity contribution is 6.05. The van der Waals surface area contributed by atoms with Crippen molar-refractivity contribution in [1.29, 1.82) is 0 Å². The van der Waals surface area contributed by atoms with E-state index in [0.717, 1.165) is 17.7 Å². The number of benzene rings is 3. The number of hydrogen-bond donors (Lipinski definition) is 1. The number of halogens is 3. The van der Waals surface area contributed by atoms with Crippen LogP contribution in [0.1, 0.15) is 33.5 Å². The van der Waals surface area contributed by atoms with E-state index in [0.29, 0.717) is 42.0 Å². The Hall–Kier alpha value is -3.81. The maximum atomic E-state index is 13.1. The zero-order chi connectivity index (χ0) is 24.3. The number of carbonyl (C=O) groups is 2. The van der Waals surface area contributed by atoms with Gasteiger partial charge in [-0.15, -0.1) is 0 Å². The standard InChI is InChI=1S/C26H24F3N3O2/c1-18-6-2-3-9-23(18)24(33)30-21-10-12-22(13-11-21)32-15-5-14-31(25(32)34)17-19-7-4-8-20(16-19)26(27,28)29/h2-4,6-13,16H,5,14-15,17H2,1H3,(H,30,33). The van der Waals surface area contributed by atoms with E-state index >= 15 is 0 Å². The van der Waals surface area contributed by atoms with Crippen LogP contribution in [-0.4, -0.2) is 29.9 Å². The SMILES string of the molecule is Cc1ccccc1C(=O)Nc1ccc(N2CCCN(Cc3cccc(C(F)(F)F)c3)C2=O)cc1. The molecule has 0 spiro atoms. The minimum absolute atomic E-state index is 0.101.